The van der Waals surface area contributed by atoms with Gasteiger partial charge in [0.2, 0.25) is 5.95 Å². The van der Waals surface area contributed by atoms with Crippen LogP contribution in [-0.2, 0) is 12.1 Å². The van der Waals surface area contributed by atoms with E-state index < -0.39 is 23.3 Å². The van der Waals surface area contributed by atoms with Crippen LogP contribution < -0.4 is 4.90 Å². The third-order valence-corrected chi connectivity index (χ3v) is 5.89. The third-order valence-electron chi connectivity index (χ3n) is 5.89. The molecule has 1 N–H and O–H groups in total. The molecule has 162 valence electrons. The summed E-state index contributed by atoms with van der Waals surface area (Å²) in [5, 5.41) is 27.5. The number of piperazine rings is 1. The van der Waals surface area contributed by atoms with Crippen molar-refractivity contribution >= 4 is 11.9 Å². The van der Waals surface area contributed by atoms with E-state index >= 15 is 0 Å². The molecule has 13 heteroatoms. The molecule has 5 rings (SSSR count). The summed E-state index contributed by atoms with van der Waals surface area (Å²) in [6.45, 7) is 4.18. The molecule has 3 aromatic rings. The molecule has 2 atom stereocenters. The normalized spacial score (nSPS) is 19.0. The standard InChI is InChI=1S/C18H20F2N10O/c1-12(27-4-6-28(7-5-27)17-23-16-24-26-30(16)25-17)18(31,9-29-11-21-10-22-29)14-3-2-13(19)8-15(14)20/h2-3,8,10-12,31H,4-7,9H2,1H3/t12-,18-/m1/s1. The number of aliphatic hydroxyl groups is 1. The Bertz CT molecular complexity index is 1090. The summed E-state index contributed by atoms with van der Waals surface area (Å²) in [6, 6.07) is 2.71. The molecule has 2 aromatic heterocycles. The second-order valence-electron chi connectivity index (χ2n) is 7.63. The van der Waals surface area contributed by atoms with Gasteiger partial charge in [-0.1, -0.05) is 16.0 Å². The van der Waals surface area contributed by atoms with Gasteiger partial charge < -0.3 is 10.0 Å². The average molecular weight is 430 g/mol. The summed E-state index contributed by atoms with van der Waals surface area (Å²) in [5.41, 5.74) is -1.65. The van der Waals surface area contributed by atoms with Gasteiger partial charge in [-0.15, -0.1) is 5.10 Å². The van der Waals surface area contributed by atoms with Crippen LogP contribution in [0.3, 0.4) is 0 Å². The lowest BCUT2D eigenvalue weighted by atomic mass is 9.85. The highest BCUT2D eigenvalue weighted by molar-refractivity contribution is 5.36. The van der Waals surface area contributed by atoms with Crippen LogP contribution in [0, 0.1) is 11.6 Å². The zero-order valence-electron chi connectivity index (χ0n) is 16.7. The van der Waals surface area contributed by atoms with E-state index in [0.29, 0.717) is 38.1 Å². The van der Waals surface area contributed by atoms with Gasteiger partial charge in [-0.2, -0.15) is 10.1 Å². The molecule has 0 aliphatic carbocycles. The SMILES string of the molecule is C[C@@H](N1CCN(c2nc3n(n2)N=N3)CC1)[C@](O)(Cn1cncn1)c1ccc(F)cc1F. The van der Waals surface area contributed by atoms with Crippen LogP contribution >= 0.6 is 0 Å². The van der Waals surface area contributed by atoms with E-state index in [1.54, 1.807) is 0 Å². The molecule has 31 heavy (non-hydrogen) atoms. The van der Waals surface area contributed by atoms with Crippen molar-refractivity contribution in [2.45, 2.75) is 25.1 Å². The fourth-order valence-corrected chi connectivity index (χ4v) is 4.04. The minimum absolute atomic E-state index is 0.0125. The summed E-state index contributed by atoms with van der Waals surface area (Å²) in [4.78, 5) is 13.6. The second kappa shape index (κ2) is 7.42. The van der Waals surface area contributed by atoms with Crippen molar-refractivity contribution in [2.24, 2.45) is 10.3 Å². The van der Waals surface area contributed by atoms with E-state index in [1.165, 1.54) is 28.2 Å². The molecule has 0 saturated carbocycles. The fraction of sp³-hybridized carbons (Fsp3) is 0.444. The Morgan fingerprint density at radius 3 is 2.58 bits per heavy atom. The maximum absolute atomic E-state index is 14.7. The highest BCUT2D eigenvalue weighted by Gasteiger charge is 2.43. The van der Waals surface area contributed by atoms with Crippen LogP contribution in [0.15, 0.2) is 41.2 Å². The van der Waals surface area contributed by atoms with Crippen LogP contribution in [0.2, 0.25) is 0 Å². The van der Waals surface area contributed by atoms with Gasteiger partial charge in [0.05, 0.1) is 6.54 Å². The molecule has 0 spiro atoms. The fourth-order valence-electron chi connectivity index (χ4n) is 4.04. The first kappa shape index (κ1) is 19.6. The summed E-state index contributed by atoms with van der Waals surface area (Å²) in [5.74, 6) is -0.483. The molecule has 2 aliphatic rings. The minimum Gasteiger partial charge on any atom is -0.381 e. The first-order valence-corrected chi connectivity index (χ1v) is 9.82. The first-order chi connectivity index (χ1) is 14.9. The molecule has 11 nitrogen and oxygen atoms in total. The van der Waals surface area contributed by atoms with Crippen molar-refractivity contribution in [3.05, 3.63) is 48.1 Å². The number of hydrogen-bond donors (Lipinski definition) is 1. The lowest BCUT2D eigenvalue weighted by Gasteiger charge is -2.44. The number of fused-ring (bicyclic) bond motifs is 1. The molecular formula is C18H20F2N10O. The number of rotatable bonds is 6. The predicted molar refractivity (Wildman–Crippen MR) is 103 cm³/mol. The zero-order valence-corrected chi connectivity index (χ0v) is 16.7. The summed E-state index contributed by atoms with van der Waals surface area (Å²) >= 11 is 0. The maximum atomic E-state index is 14.7. The largest absolute Gasteiger partial charge is 0.381 e. The van der Waals surface area contributed by atoms with Crippen molar-refractivity contribution in [1.82, 2.24) is 34.5 Å². The van der Waals surface area contributed by atoms with E-state index in [4.69, 9.17) is 0 Å². The van der Waals surface area contributed by atoms with Crippen molar-refractivity contribution in [2.75, 3.05) is 31.1 Å². The van der Waals surface area contributed by atoms with Crippen molar-refractivity contribution < 1.29 is 13.9 Å². The third kappa shape index (κ3) is 3.45. The van der Waals surface area contributed by atoms with Gasteiger partial charge in [0, 0.05) is 43.9 Å². The van der Waals surface area contributed by atoms with E-state index in [2.05, 4.69) is 35.4 Å². The Labute approximate surface area is 175 Å². The van der Waals surface area contributed by atoms with E-state index in [-0.39, 0.29) is 12.1 Å². The van der Waals surface area contributed by atoms with Gasteiger partial charge >= 0.3 is 0 Å². The number of aromatic nitrogens is 6. The van der Waals surface area contributed by atoms with Crippen LogP contribution in [0.4, 0.5) is 20.7 Å². The molecule has 2 aliphatic heterocycles. The number of nitrogens with zero attached hydrogens (tertiary/aromatic N) is 10. The van der Waals surface area contributed by atoms with Gasteiger partial charge in [0.1, 0.15) is 29.9 Å². The van der Waals surface area contributed by atoms with Gasteiger partial charge in [0.25, 0.3) is 5.95 Å². The lowest BCUT2D eigenvalue weighted by molar-refractivity contribution is -0.0650. The molecule has 1 saturated heterocycles. The van der Waals surface area contributed by atoms with Crippen LogP contribution in [0.25, 0.3) is 0 Å². The smallest absolute Gasteiger partial charge is 0.294 e. The molecular weight excluding hydrogens is 410 g/mol. The summed E-state index contributed by atoms with van der Waals surface area (Å²) in [7, 11) is 0. The van der Waals surface area contributed by atoms with Crippen LogP contribution in [-0.4, -0.2) is 71.9 Å². The zero-order chi connectivity index (χ0) is 21.6. The number of anilines is 1. The predicted octanol–water partition coefficient (Wildman–Crippen LogP) is 1.11. The molecule has 0 amide bonds. The first-order valence-electron chi connectivity index (χ1n) is 9.82. The molecule has 1 fully saturated rings. The Morgan fingerprint density at radius 2 is 2.00 bits per heavy atom. The Kier molecular flexibility index (Phi) is 4.70. The summed E-state index contributed by atoms with van der Waals surface area (Å²) in [6.07, 6.45) is 2.80. The second-order valence-corrected chi connectivity index (χ2v) is 7.63. The van der Waals surface area contributed by atoms with Crippen molar-refractivity contribution in [1.29, 1.82) is 0 Å². The Morgan fingerprint density at radius 1 is 1.19 bits per heavy atom. The Balaban J connectivity index is 1.37. The monoisotopic (exact) mass is 430 g/mol. The van der Waals surface area contributed by atoms with Crippen molar-refractivity contribution in [3.63, 3.8) is 0 Å². The number of hydrogen-bond acceptors (Lipinski definition) is 9. The van der Waals surface area contributed by atoms with Crippen LogP contribution in [0.1, 0.15) is 12.5 Å². The van der Waals surface area contributed by atoms with Gasteiger partial charge in [-0.25, -0.2) is 18.4 Å². The quantitative estimate of drug-likeness (QED) is 0.487. The average Bonchev–Trinajstić information content (AvgIpc) is 3.35. The van der Waals surface area contributed by atoms with E-state index in [1.807, 2.05) is 11.8 Å². The van der Waals surface area contributed by atoms with E-state index in [0.717, 1.165) is 12.1 Å². The number of halogens is 2. The highest BCUT2D eigenvalue weighted by atomic mass is 19.1. The molecule has 4 heterocycles. The molecule has 0 bridgehead atoms. The number of benzene rings is 1. The van der Waals surface area contributed by atoms with Gasteiger partial charge in [-0.3, -0.25) is 4.90 Å². The van der Waals surface area contributed by atoms with Gasteiger partial charge in [-0.05, 0) is 18.2 Å². The maximum Gasteiger partial charge on any atom is 0.294 e. The lowest BCUT2D eigenvalue weighted by Crippen LogP contribution is -2.57. The molecule has 1 aromatic carbocycles. The van der Waals surface area contributed by atoms with E-state index in [9.17, 15) is 13.9 Å². The van der Waals surface area contributed by atoms with Crippen LogP contribution in [0.5, 0.6) is 0 Å². The minimum atomic E-state index is -1.67. The molecule has 0 radical (unpaired) electrons. The van der Waals surface area contributed by atoms with Gasteiger partial charge in [0.15, 0.2) is 0 Å². The molecule has 0 unspecified atom stereocenters. The topological polar surface area (TPSA) is 113 Å². The summed E-state index contributed by atoms with van der Waals surface area (Å²) < 4.78 is 29.7. The van der Waals surface area contributed by atoms with Crippen molar-refractivity contribution in [3.8, 4) is 0 Å². The highest BCUT2D eigenvalue weighted by Crippen LogP contribution is 2.33. The Hall–Kier alpha value is -3.32.